The number of rotatable bonds is 18. The zero-order valence-corrected chi connectivity index (χ0v) is 33.0. The maximum Gasteiger partial charge on any atom is 0.407 e. The highest BCUT2D eigenvalue weighted by Crippen LogP contribution is 2.22. The fourth-order valence-corrected chi connectivity index (χ4v) is 3.79. The Hall–Kier alpha value is -3.91. The quantitative estimate of drug-likeness (QED) is 0.111. The van der Waals surface area contributed by atoms with Crippen LogP contribution < -0.4 is 31.9 Å². The van der Waals surface area contributed by atoms with E-state index in [1.54, 1.807) is 90.0 Å². The van der Waals surface area contributed by atoms with Gasteiger partial charge in [-0.05, 0) is 104 Å². The molecule has 0 aromatic heterocycles. The van der Waals surface area contributed by atoms with Gasteiger partial charge in [-0.2, -0.15) is 0 Å². The van der Waals surface area contributed by atoms with Crippen molar-refractivity contribution in [1.82, 2.24) is 31.9 Å². The van der Waals surface area contributed by atoms with E-state index >= 15 is 0 Å². The van der Waals surface area contributed by atoms with Gasteiger partial charge >= 0.3 is 12.1 Å². The molecule has 0 aromatic rings. The van der Waals surface area contributed by atoms with Gasteiger partial charge in [-0.1, -0.05) is 0 Å². The predicted molar refractivity (Wildman–Crippen MR) is 190 cm³/mol. The van der Waals surface area contributed by atoms with Crippen LogP contribution in [0.3, 0.4) is 0 Å². The number of carboxylic acid groups (broad SMARTS) is 1. The standard InChI is InChI=1S/C35H64N6O9/c1-29(2,3)50-28(49)41-20-34(12,13)26(46)39-18-32(8,9)24(44)37-16-30(4,5)22(42)36-17-31(6,7)23(43)38-19-33(10,11)25(45)40-21-35(14,15)27(47)48/h16-21H2,1-15H3,(H,36,42)(H,37,44)(H,38,43)(H,39,46)(H,40,45)(H,41,49)(H,47,48). The second-order valence-electron chi connectivity index (χ2n) is 17.9. The highest BCUT2D eigenvalue weighted by atomic mass is 16.6. The van der Waals surface area contributed by atoms with Gasteiger partial charge in [0.05, 0.1) is 32.5 Å². The van der Waals surface area contributed by atoms with E-state index in [0.717, 1.165) is 0 Å². The number of aliphatic carboxylic acids is 1. The summed E-state index contributed by atoms with van der Waals surface area (Å²) in [5, 5.41) is 25.6. The first-order valence-corrected chi connectivity index (χ1v) is 16.8. The number of carbonyl (C=O) groups is 7. The number of carboxylic acids is 1. The number of hydrogen-bond acceptors (Lipinski definition) is 8. The lowest BCUT2D eigenvalue weighted by Crippen LogP contribution is -2.54. The number of alkyl carbamates (subject to hydrolysis) is 1. The summed E-state index contributed by atoms with van der Waals surface area (Å²) >= 11 is 0. The van der Waals surface area contributed by atoms with E-state index in [1.165, 1.54) is 13.8 Å². The van der Waals surface area contributed by atoms with Gasteiger partial charge in [-0.25, -0.2) is 4.79 Å². The van der Waals surface area contributed by atoms with E-state index in [4.69, 9.17) is 4.74 Å². The van der Waals surface area contributed by atoms with Gasteiger partial charge in [-0.15, -0.1) is 0 Å². The van der Waals surface area contributed by atoms with Crippen molar-refractivity contribution in [2.75, 3.05) is 39.3 Å². The molecule has 0 atom stereocenters. The van der Waals surface area contributed by atoms with Crippen molar-refractivity contribution < 1.29 is 43.4 Å². The van der Waals surface area contributed by atoms with Crippen LogP contribution in [0.15, 0.2) is 0 Å². The maximum atomic E-state index is 13.1. The minimum Gasteiger partial charge on any atom is -0.481 e. The summed E-state index contributed by atoms with van der Waals surface area (Å²) in [7, 11) is 0. The molecule has 15 heteroatoms. The van der Waals surface area contributed by atoms with Crippen molar-refractivity contribution in [3.8, 4) is 0 Å². The van der Waals surface area contributed by atoms with E-state index in [9.17, 15) is 38.7 Å². The molecule has 0 saturated heterocycles. The molecule has 50 heavy (non-hydrogen) atoms. The van der Waals surface area contributed by atoms with Gasteiger partial charge in [0.25, 0.3) is 0 Å². The third kappa shape index (κ3) is 15.3. The van der Waals surface area contributed by atoms with Crippen LogP contribution in [-0.2, 0) is 33.5 Å². The first-order chi connectivity index (χ1) is 22.2. The first-order valence-electron chi connectivity index (χ1n) is 16.8. The van der Waals surface area contributed by atoms with Crippen molar-refractivity contribution >= 4 is 41.6 Å². The van der Waals surface area contributed by atoms with Gasteiger partial charge in [0.15, 0.2) is 0 Å². The normalized spacial score (nSPS) is 13.0. The molecular formula is C35H64N6O9. The fourth-order valence-electron chi connectivity index (χ4n) is 3.79. The van der Waals surface area contributed by atoms with Crippen LogP contribution in [0.1, 0.15) is 104 Å². The smallest absolute Gasteiger partial charge is 0.407 e. The molecule has 0 spiro atoms. The molecule has 0 radical (unpaired) electrons. The molecule has 0 heterocycles. The van der Waals surface area contributed by atoms with Crippen molar-refractivity contribution in [1.29, 1.82) is 0 Å². The molecule has 0 fully saturated rings. The minimum absolute atomic E-state index is 0.00223. The lowest BCUT2D eigenvalue weighted by Gasteiger charge is -2.32. The Balaban J connectivity index is 5.01. The summed E-state index contributed by atoms with van der Waals surface area (Å²) in [5.41, 5.74) is -6.99. The molecule has 0 aliphatic carbocycles. The second kappa shape index (κ2) is 16.9. The summed E-state index contributed by atoms with van der Waals surface area (Å²) in [6, 6.07) is 0. The molecule has 0 aliphatic rings. The minimum atomic E-state index is -1.15. The van der Waals surface area contributed by atoms with Crippen molar-refractivity contribution in [3.05, 3.63) is 0 Å². The topological polar surface area (TPSA) is 221 Å². The molecule has 0 aromatic carbocycles. The van der Waals surface area contributed by atoms with E-state index < -0.39 is 67.9 Å². The van der Waals surface area contributed by atoms with Gasteiger partial charge < -0.3 is 41.7 Å². The number of ether oxygens (including phenoxy) is 1. The number of hydrogen-bond donors (Lipinski definition) is 7. The Morgan fingerprint density at radius 1 is 0.380 bits per heavy atom. The molecule has 0 saturated carbocycles. The molecule has 15 nitrogen and oxygen atoms in total. The maximum absolute atomic E-state index is 13.1. The summed E-state index contributed by atoms with van der Waals surface area (Å²) in [6.07, 6.45) is -0.640. The predicted octanol–water partition coefficient (Wildman–Crippen LogP) is 2.33. The SMILES string of the molecule is CC(C)(C)OC(=O)NCC(C)(C)C(=O)NCC(C)(C)C(=O)NCC(C)(C)C(=O)NCC(C)(C)C(=O)NCC(C)(C)C(=O)NCC(C)(C)C(=O)O. The number of nitrogens with one attached hydrogen (secondary N) is 6. The summed E-state index contributed by atoms with van der Waals surface area (Å²) in [4.78, 5) is 88.2. The van der Waals surface area contributed by atoms with Crippen molar-refractivity contribution in [2.45, 2.75) is 109 Å². The largest absolute Gasteiger partial charge is 0.481 e. The number of amides is 6. The van der Waals surface area contributed by atoms with Crippen LogP contribution in [0.4, 0.5) is 4.79 Å². The van der Waals surface area contributed by atoms with E-state index in [1.807, 2.05) is 0 Å². The molecule has 0 aliphatic heterocycles. The van der Waals surface area contributed by atoms with Gasteiger partial charge in [0, 0.05) is 39.3 Å². The first kappa shape index (κ1) is 46.1. The van der Waals surface area contributed by atoms with Crippen LogP contribution >= 0.6 is 0 Å². The molecule has 0 bridgehead atoms. The average molecular weight is 713 g/mol. The molecule has 0 unspecified atom stereocenters. The van der Waals surface area contributed by atoms with E-state index in [-0.39, 0.29) is 51.1 Å². The lowest BCUT2D eigenvalue weighted by atomic mass is 9.87. The number of carbonyl (C=O) groups excluding carboxylic acids is 6. The fraction of sp³-hybridized carbons (Fsp3) is 0.800. The molecule has 7 N–H and O–H groups in total. The van der Waals surface area contributed by atoms with Crippen LogP contribution in [0, 0.1) is 32.5 Å². The van der Waals surface area contributed by atoms with Crippen LogP contribution in [-0.4, -0.2) is 91.6 Å². The molecule has 0 rings (SSSR count). The van der Waals surface area contributed by atoms with Gasteiger partial charge in [0.2, 0.25) is 29.5 Å². The van der Waals surface area contributed by atoms with E-state index in [0.29, 0.717) is 0 Å². The third-order valence-electron chi connectivity index (χ3n) is 8.18. The lowest BCUT2D eigenvalue weighted by molar-refractivity contribution is -0.147. The monoisotopic (exact) mass is 712 g/mol. The molecule has 288 valence electrons. The molecule has 6 amide bonds. The Morgan fingerprint density at radius 3 is 0.780 bits per heavy atom. The second-order valence-corrected chi connectivity index (χ2v) is 17.9. The Bertz CT molecular complexity index is 1280. The van der Waals surface area contributed by atoms with Gasteiger partial charge in [0.1, 0.15) is 5.60 Å². The zero-order chi connectivity index (χ0) is 39.7. The van der Waals surface area contributed by atoms with Crippen LogP contribution in [0.25, 0.3) is 0 Å². The zero-order valence-electron chi connectivity index (χ0n) is 33.0. The van der Waals surface area contributed by atoms with Crippen molar-refractivity contribution in [2.24, 2.45) is 32.5 Å². The Morgan fingerprint density at radius 2 is 0.580 bits per heavy atom. The molecular weight excluding hydrogens is 648 g/mol. The summed E-state index contributed by atoms with van der Waals surface area (Å²) < 4.78 is 5.21. The Labute approximate surface area is 297 Å². The van der Waals surface area contributed by atoms with E-state index in [2.05, 4.69) is 31.9 Å². The Kier molecular flexibility index (Phi) is 15.5. The summed E-state index contributed by atoms with van der Waals surface area (Å²) in [5.74, 6) is -3.01. The van der Waals surface area contributed by atoms with Crippen LogP contribution in [0.5, 0.6) is 0 Å². The van der Waals surface area contributed by atoms with Crippen LogP contribution in [0.2, 0.25) is 0 Å². The summed E-state index contributed by atoms with van der Waals surface area (Å²) in [6.45, 7) is 24.6. The highest BCUT2D eigenvalue weighted by molar-refractivity contribution is 5.88. The average Bonchev–Trinajstić information content (AvgIpc) is 2.96. The third-order valence-corrected chi connectivity index (χ3v) is 8.18. The van der Waals surface area contributed by atoms with Crippen molar-refractivity contribution in [3.63, 3.8) is 0 Å². The highest BCUT2D eigenvalue weighted by Gasteiger charge is 2.38. The van der Waals surface area contributed by atoms with Gasteiger partial charge in [-0.3, -0.25) is 28.8 Å².